The molecule has 194 valence electrons. The van der Waals surface area contributed by atoms with Gasteiger partial charge in [-0.1, -0.05) is 18.2 Å². The lowest BCUT2D eigenvalue weighted by atomic mass is 10.0. The van der Waals surface area contributed by atoms with Gasteiger partial charge < -0.3 is 4.42 Å². The maximum atomic E-state index is 13.3. The molecule has 0 saturated carbocycles. The highest BCUT2D eigenvalue weighted by Crippen LogP contribution is 2.26. The first-order chi connectivity index (χ1) is 18.7. The van der Waals surface area contributed by atoms with Crippen LogP contribution >= 0.6 is 0 Å². The average Bonchev–Trinajstić information content (AvgIpc) is 3.38. The Morgan fingerprint density at radius 3 is 1.49 bits per heavy atom. The molecule has 0 radical (unpaired) electrons. The Morgan fingerprint density at radius 1 is 0.590 bits per heavy atom. The Bertz CT molecular complexity index is 1570. The van der Waals surface area contributed by atoms with Crippen molar-refractivity contribution in [3.05, 3.63) is 94.6 Å². The van der Waals surface area contributed by atoms with E-state index in [-0.39, 0.29) is 28.9 Å². The van der Waals surface area contributed by atoms with E-state index >= 15 is 0 Å². The lowest BCUT2D eigenvalue weighted by Gasteiger charge is -2.10. The van der Waals surface area contributed by atoms with E-state index in [1.54, 1.807) is 24.3 Å². The fourth-order valence-corrected chi connectivity index (χ4v) is 3.96. The molecular formula is C28H24N8O3. The number of rotatable bonds is 6. The van der Waals surface area contributed by atoms with Crippen LogP contribution in [0.15, 0.2) is 65.1 Å². The van der Waals surface area contributed by atoms with Crippen LogP contribution in [0.1, 0.15) is 43.5 Å². The summed E-state index contributed by atoms with van der Waals surface area (Å²) in [5.74, 6) is -0.271. The van der Waals surface area contributed by atoms with Crippen molar-refractivity contribution in [3.8, 4) is 22.9 Å². The largest absolute Gasteiger partial charge is 0.416 e. The second-order valence-corrected chi connectivity index (χ2v) is 8.93. The maximum absolute atomic E-state index is 13.3. The molecule has 0 saturated heterocycles. The van der Waals surface area contributed by atoms with Gasteiger partial charge in [-0.15, -0.1) is 10.2 Å². The predicted molar refractivity (Wildman–Crippen MR) is 144 cm³/mol. The molecule has 3 aromatic heterocycles. The molecule has 11 nitrogen and oxygen atoms in total. The van der Waals surface area contributed by atoms with E-state index in [1.807, 2.05) is 58.0 Å². The number of benzene rings is 2. The fourth-order valence-electron chi connectivity index (χ4n) is 3.96. The van der Waals surface area contributed by atoms with Gasteiger partial charge in [0.15, 0.2) is 0 Å². The summed E-state index contributed by atoms with van der Waals surface area (Å²) in [6, 6.07) is 17.5. The third-order valence-electron chi connectivity index (χ3n) is 5.57. The summed E-state index contributed by atoms with van der Waals surface area (Å²) in [7, 11) is 0. The number of aromatic nitrogens is 6. The second-order valence-electron chi connectivity index (χ2n) is 8.93. The van der Waals surface area contributed by atoms with E-state index in [9.17, 15) is 9.59 Å². The Hall–Kier alpha value is -5.32. The number of aryl methyl sites for hydroxylation is 4. The van der Waals surface area contributed by atoms with Crippen molar-refractivity contribution in [2.45, 2.75) is 27.7 Å². The third kappa shape index (κ3) is 5.99. The molecule has 11 heteroatoms. The number of carbonyl (C=O) groups is 2. The van der Waals surface area contributed by atoms with Crippen molar-refractivity contribution in [1.82, 2.24) is 30.1 Å². The Labute approximate surface area is 223 Å². The molecule has 0 bridgehead atoms. The summed E-state index contributed by atoms with van der Waals surface area (Å²) in [4.78, 5) is 43.6. The lowest BCUT2D eigenvalue weighted by Crippen LogP contribution is -2.18. The summed E-state index contributed by atoms with van der Waals surface area (Å²) in [6.45, 7) is 7.23. The van der Waals surface area contributed by atoms with Gasteiger partial charge in [0.05, 0.1) is 0 Å². The van der Waals surface area contributed by atoms with Crippen molar-refractivity contribution in [1.29, 1.82) is 0 Å². The molecule has 0 fully saturated rings. The number of carbonyl (C=O) groups excluding carboxylic acids is 2. The van der Waals surface area contributed by atoms with Gasteiger partial charge in [-0.25, -0.2) is 19.9 Å². The van der Waals surface area contributed by atoms with Gasteiger partial charge in [0.1, 0.15) is 0 Å². The monoisotopic (exact) mass is 520 g/mol. The van der Waals surface area contributed by atoms with Crippen LogP contribution in [0.4, 0.5) is 11.9 Å². The maximum Gasteiger partial charge on any atom is 0.258 e. The van der Waals surface area contributed by atoms with E-state index in [2.05, 4.69) is 40.8 Å². The van der Waals surface area contributed by atoms with Crippen molar-refractivity contribution < 1.29 is 14.0 Å². The van der Waals surface area contributed by atoms with Gasteiger partial charge in [0.25, 0.3) is 11.8 Å². The van der Waals surface area contributed by atoms with Crippen molar-refractivity contribution >= 4 is 23.7 Å². The average molecular weight is 521 g/mol. The van der Waals surface area contributed by atoms with E-state index in [1.165, 1.54) is 6.07 Å². The molecule has 2 amide bonds. The van der Waals surface area contributed by atoms with Gasteiger partial charge in [-0.3, -0.25) is 20.2 Å². The van der Waals surface area contributed by atoms with Gasteiger partial charge >= 0.3 is 0 Å². The zero-order valence-electron chi connectivity index (χ0n) is 21.7. The highest BCUT2D eigenvalue weighted by Gasteiger charge is 2.19. The van der Waals surface area contributed by atoms with Gasteiger partial charge in [0, 0.05) is 45.0 Å². The summed E-state index contributed by atoms with van der Waals surface area (Å²) in [6.07, 6.45) is 0. The molecule has 0 aliphatic carbocycles. The van der Waals surface area contributed by atoms with E-state index in [0.717, 1.165) is 5.56 Å². The van der Waals surface area contributed by atoms with Crippen molar-refractivity contribution in [2.24, 2.45) is 0 Å². The standard InChI is InChI=1S/C28H24N8O3/c1-15-10-16(2)30-27(29-15)33-23(37)20-12-21(24(38)34-28-31-17(3)11-18(4)32-28)14-22(13-20)26-36-35-25(39-26)19-8-6-5-7-9-19/h5-14H,1-4H3,(H,29,30,33,37)(H,31,32,34,38). The van der Waals surface area contributed by atoms with E-state index in [4.69, 9.17) is 4.42 Å². The second kappa shape index (κ2) is 10.6. The number of amides is 2. The first-order valence-corrected chi connectivity index (χ1v) is 12.0. The smallest absolute Gasteiger partial charge is 0.258 e. The Morgan fingerprint density at radius 2 is 1.03 bits per heavy atom. The molecule has 2 N–H and O–H groups in total. The molecule has 0 aliphatic heterocycles. The van der Waals surface area contributed by atoms with E-state index in [0.29, 0.717) is 34.2 Å². The molecular weight excluding hydrogens is 496 g/mol. The van der Waals surface area contributed by atoms with Crippen LogP contribution < -0.4 is 10.6 Å². The van der Waals surface area contributed by atoms with E-state index < -0.39 is 11.8 Å². The minimum absolute atomic E-state index is 0.142. The quantitative estimate of drug-likeness (QED) is 0.324. The zero-order valence-corrected chi connectivity index (χ0v) is 21.7. The first kappa shape index (κ1) is 25.3. The molecule has 39 heavy (non-hydrogen) atoms. The summed E-state index contributed by atoms with van der Waals surface area (Å²) >= 11 is 0. The number of nitrogens with one attached hydrogen (secondary N) is 2. The van der Waals surface area contributed by atoms with Crippen LogP contribution in [-0.2, 0) is 0 Å². The lowest BCUT2D eigenvalue weighted by molar-refractivity contribution is 0.102. The molecule has 3 heterocycles. The number of nitrogens with zero attached hydrogens (tertiary/aromatic N) is 6. The normalized spacial score (nSPS) is 10.8. The van der Waals surface area contributed by atoms with Crippen LogP contribution in [0, 0.1) is 27.7 Å². The summed E-state index contributed by atoms with van der Waals surface area (Å²) in [5.41, 5.74) is 4.28. The molecule has 0 atom stereocenters. The van der Waals surface area contributed by atoms with Crippen LogP contribution in [0.3, 0.4) is 0 Å². The fraction of sp³-hybridized carbons (Fsp3) is 0.143. The molecule has 5 aromatic rings. The zero-order chi connectivity index (χ0) is 27.5. The highest BCUT2D eigenvalue weighted by atomic mass is 16.4. The highest BCUT2D eigenvalue weighted by molar-refractivity contribution is 6.09. The molecule has 2 aromatic carbocycles. The van der Waals surface area contributed by atoms with Crippen LogP contribution in [0.2, 0.25) is 0 Å². The predicted octanol–water partition coefficient (Wildman–Crippen LogP) is 4.72. The molecule has 5 rings (SSSR count). The van der Waals surface area contributed by atoms with Crippen molar-refractivity contribution in [2.75, 3.05) is 10.6 Å². The number of anilines is 2. The topological polar surface area (TPSA) is 149 Å². The number of hydrogen-bond donors (Lipinski definition) is 2. The van der Waals surface area contributed by atoms with Gasteiger partial charge in [-0.2, -0.15) is 0 Å². The van der Waals surface area contributed by atoms with Crippen LogP contribution in [-0.4, -0.2) is 41.9 Å². The van der Waals surface area contributed by atoms with Crippen LogP contribution in [0.5, 0.6) is 0 Å². The molecule has 0 unspecified atom stereocenters. The van der Waals surface area contributed by atoms with Gasteiger partial charge in [0.2, 0.25) is 23.7 Å². The van der Waals surface area contributed by atoms with Crippen molar-refractivity contribution in [3.63, 3.8) is 0 Å². The molecule has 0 spiro atoms. The SMILES string of the molecule is Cc1cc(C)nc(NC(=O)c2cc(C(=O)Nc3nc(C)cc(C)n3)cc(-c3nnc(-c4ccccc4)o3)c2)n1. The minimum Gasteiger partial charge on any atom is -0.416 e. The Balaban J connectivity index is 1.52. The number of hydrogen-bond acceptors (Lipinski definition) is 9. The first-order valence-electron chi connectivity index (χ1n) is 12.0. The Kier molecular flexibility index (Phi) is 6.87. The van der Waals surface area contributed by atoms with Gasteiger partial charge in [-0.05, 0) is 70.2 Å². The van der Waals surface area contributed by atoms with Crippen LogP contribution in [0.25, 0.3) is 22.9 Å². The molecule has 0 aliphatic rings. The summed E-state index contributed by atoms with van der Waals surface area (Å²) in [5, 5.41) is 13.7. The third-order valence-corrected chi connectivity index (χ3v) is 5.57. The minimum atomic E-state index is -0.513. The summed E-state index contributed by atoms with van der Waals surface area (Å²) < 4.78 is 5.89.